The van der Waals surface area contributed by atoms with Gasteiger partial charge in [0.1, 0.15) is 5.69 Å². The van der Waals surface area contributed by atoms with Crippen LogP contribution in [0.5, 0.6) is 0 Å². The van der Waals surface area contributed by atoms with Crippen LogP contribution in [-0.2, 0) is 4.74 Å². The van der Waals surface area contributed by atoms with Crippen LogP contribution in [0.4, 0.5) is 11.4 Å². The minimum absolute atomic E-state index is 0.0529. The lowest BCUT2D eigenvalue weighted by atomic mass is 10.1. The van der Waals surface area contributed by atoms with Crippen molar-refractivity contribution in [1.29, 1.82) is 0 Å². The van der Waals surface area contributed by atoms with Gasteiger partial charge in [-0.3, -0.25) is 14.9 Å². The van der Waals surface area contributed by atoms with Crippen LogP contribution in [0, 0.1) is 10.1 Å². The van der Waals surface area contributed by atoms with Crippen molar-refractivity contribution in [1.82, 2.24) is 0 Å². The van der Waals surface area contributed by atoms with Crippen LogP contribution in [0.25, 0.3) is 0 Å². The summed E-state index contributed by atoms with van der Waals surface area (Å²) in [4.78, 5) is 34.3. The van der Waals surface area contributed by atoms with Crippen molar-refractivity contribution in [3.63, 3.8) is 0 Å². The standard InChI is InChI=1S/C15H12N2O5/c1-22-15(19)11-7-3-2-6-10(11)14(18)16-12-8-4-5-9-13(12)17(20)21/h2-9H,1H3,(H,16,18). The third-order valence-electron chi connectivity index (χ3n) is 2.93. The molecule has 1 N–H and O–H groups in total. The van der Waals surface area contributed by atoms with Gasteiger partial charge in [0.25, 0.3) is 11.6 Å². The van der Waals surface area contributed by atoms with Crippen LogP contribution < -0.4 is 5.32 Å². The van der Waals surface area contributed by atoms with Gasteiger partial charge >= 0.3 is 5.97 Å². The normalized spacial score (nSPS) is 9.86. The number of hydrogen-bond donors (Lipinski definition) is 1. The molecule has 0 aromatic heterocycles. The molecule has 22 heavy (non-hydrogen) atoms. The molecular weight excluding hydrogens is 288 g/mol. The fourth-order valence-electron chi connectivity index (χ4n) is 1.90. The quantitative estimate of drug-likeness (QED) is 0.531. The molecule has 0 spiro atoms. The molecule has 1 amide bonds. The summed E-state index contributed by atoms with van der Waals surface area (Å²) in [5.41, 5.74) is -0.0165. The van der Waals surface area contributed by atoms with Crippen molar-refractivity contribution in [3.05, 3.63) is 69.8 Å². The van der Waals surface area contributed by atoms with E-state index in [1.54, 1.807) is 18.2 Å². The molecule has 0 fully saturated rings. The molecule has 0 heterocycles. The molecule has 2 aromatic carbocycles. The highest BCUT2D eigenvalue weighted by Gasteiger charge is 2.20. The van der Waals surface area contributed by atoms with Crippen molar-refractivity contribution in [2.45, 2.75) is 0 Å². The van der Waals surface area contributed by atoms with E-state index < -0.39 is 16.8 Å². The number of benzene rings is 2. The first-order valence-electron chi connectivity index (χ1n) is 6.26. The summed E-state index contributed by atoms with van der Waals surface area (Å²) in [6.07, 6.45) is 0. The van der Waals surface area contributed by atoms with Gasteiger partial charge in [0, 0.05) is 6.07 Å². The maximum Gasteiger partial charge on any atom is 0.338 e. The van der Waals surface area contributed by atoms with Crippen molar-refractivity contribution in [2.75, 3.05) is 12.4 Å². The SMILES string of the molecule is COC(=O)c1ccccc1C(=O)Nc1ccccc1[N+](=O)[O-]. The summed E-state index contributed by atoms with van der Waals surface area (Å²) in [5.74, 6) is -1.29. The average molecular weight is 300 g/mol. The lowest BCUT2D eigenvalue weighted by Crippen LogP contribution is -2.17. The van der Waals surface area contributed by atoms with Crippen LogP contribution in [0.2, 0.25) is 0 Å². The van der Waals surface area contributed by atoms with Crippen LogP contribution in [0.1, 0.15) is 20.7 Å². The molecule has 0 bridgehead atoms. The maximum atomic E-state index is 12.3. The predicted octanol–water partition coefficient (Wildman–Crippen LogP) is 2.63. The van der Waals surface area contributed by atoms with E-state index in [-0.39, 0.29) is 22.5 Å². The van der Waals surface area contributed by atoms with Gasteiger partial charge in [-0.05, 0) is 18.2 Å². The number of nitrogens with one attached hydrogen (secondary N) is 1. The number of carbonyl (C=O) groups excluding carboxylic acids is 2. The van der Waals surface area contributed by atoms with Crippen molar-refractivity contribution >= 4 is 23.3 Å². The summed E-state index contributed by atoms with van der Waals surface area (Å²) in [6, 6.07) is 11.8. The van der Waals surface area contributed by atoms with E-state index in [1.807, 2.05) is 0 Å². The van der Waals surface area contributed by atoms with E-state index in [0.717, 1.165) is 0 Å². The Hall–Kier alpha value is -3.22. The molecule has 0 aliphatic heterocycles. The van der Waals surface area contributed by atoms with Crippen LogP contribution in [-0.4, -0.2) is 23.9 Å². The van der Waals surface area contributed by atoms with Gasteiger partial charge in [-0.2, -0.15) is 0 Å². The highest BCUT2D eigenvalue weighted by Crippen LogP contribution is 2.24. The van der Waals surface area contributed by atoms with Crippen molar-refractivity contribution in [3.8, 4) is 0 Å². The lowest BCUT2D eigenvalue weighted by molar-refractivity contribution is -0.383. The Kier molecular flexibility index (Phi) is 4.47. The van der Waals surface area contributed by atoms with Gasteiger partial charge in [0.15, 0.2) is 0 Å². The molecule has 7 heteroatoms. The molecule has 2 aromatic rings. The summed E-state index contributed by atoms with van der Waals surface area (Å²) in [7, 11) is 1.21. The summed E-state index contributed by atoms with van der Waals surface area (Å²) in [6.45, 7) is 0. The number of ether oxygens (including phenoxy) is 1. The first kappa shape index (κ1) is 15.2. The number of para-hydroxylation sites is 2. The van der Waals surface area contributed by atoms with Crippen molar-refractivity contribution in [2.24, 2.45) is 0 Å². The van der Waals surface area contributed by atoms with Crippen molar-refractivity contribution < 1.29 is 19.2 Å². The summed E-state index contributed by atoms with van der Waals surface area (Å²) in [5, 5.41) is 13.4. The molecule has 2 rings (SSSR count). The molecule has 0 atom stereocenters. The number of rotatable bonds is 4. The Morgan fingerprint density at radius 1 is 1.05 bits per heavy atom. The molecule has 112 valence electrons. The molecule has 0 aliphatic rings. The van der Waals surface area contributed by atoms with E-state index in [4.69, 9.17) is 0 Å². The fourth-order valence-corrected chi connectivity index (χ4v) is 1.90. The summed E-state index contributed by atoms with van der Waals surface area (Å²) < 4.78 is 4.61. The monoisotopic (exact) mass is 300 g/mol. The van der Waals surface area contributed by atoms with Gasteiger partial charge in [-0.15, -0.1) is 0 Å². The smallest absolute Gasteiger partial charge is 0.338 e. The van der Waals surface area contributed by atoms with Crippen LogP contribution in [0.3, 0.4) is 0 Å². The number of amides is 1. The molecule has 0 aliphatic carbocycles. The number of hydrogen-bond acceptors (Lipinski definition) is 5. The zero-order chi connectivity index (χ0) is 16.1. The Morgan fingerprint density at radius 2 is 1.64 bits per heavy atom. The van der Waals surface area contributed by atoms with Crippen LogP contribution in [0.15, 0.2) is 48.5 Å². The fraction of sp³-hybridized carbons (Fsp3) is 0.0667. The average Bonchev–Trinajstić information content (AvgIpc) is 2.54. The largest absolute Gasteiger partial charge is 0.465 e. The zero-order valence-electron chi connectivity index (χ0n) is 11.6. The number of nitrogens with zero attached hydrogens (tertiary/aromatic N) is 1. The highest BCUT2D eigenvalue weighted by molar-refractivity contribution is 6.11. The molecule has 0 unspecified atom stereocenters. The third kappa shape index (κ3) is 3.09. The Bertz CT molecular complexity index is 742. The van der Waals surface area contributed by atoms with E-state index in [0.29, 0.717) is 0 Å². The second kappa shape index (κ2) is 6.49. The molecule has 0 saturated heterocycles. The molecular formula is C15H12N2O5. The zero-order valence-corrected chi connectivity index (χ0v) is 11.6. The third-order valence-corrected chi connectivity index (χ3v) is 2.93. The number of nitro benzene ring substituents is 1. The van der Waals surface area contributed by atoms with Crippen LogP contribution >= 0.6 is 0 Å². The maximum absolute atomic E-state index is 12.3. The minimum Gasteiger partial charge on any atom is -0.465 e. The number of carbonyl (C=O) groups is 2. The Morgan fingerprint density at radius 3 is 2.27 bits per heavy atom. The Labute approximate surface area is 125 Å². The second-order valence-corrected chi connectivity index (χ2v) is 4.27. The topological polar surface area (TPSA) is 98.5 Å². The van der Waals surface area contributed by atoms with Gasteiger partial charge < -0.3 is 10.1 Å². The molecule has 0 saturated carbocycles. The molecule has 0 radical (unpaired) electrons. The van der Waals surface area contributed by atoms with Gasteiger partial charge in [0.2, 0.25) is 0 Å². The van der Waals surface area contributed by atoms with E-state index in [1.165, 1.54) is 37.4 Å². The lowest BCUT2D eigenvalue weighted by Gasteiger charge is -2.09. The van der Waals surface area contributed by atoms with E-state index >= 15 is 0 Å². The minimum atomic E-state index is -0.659. The van der Waals surface area contributed by atoms with Gasteiger partial charge in [0.05, 0.1) is 23.2 Å². The summed E-state index contributed by atoms with van der Waals surface area (Å²) >= 11 is 0. The second-order valence-electron chi connectivity index (χ2n) is 4.27. The highest BCUT2D eigenvalue weighted by atomic mass is 16.6. The van der Waals surface area contributed by atoms with Gasteiger partial charge in [-0.1, -0.05) is 24.3 Å². The molecule has 7 nitrogen and oxygen atoms in total. The number of methoxy groups -OCH3 is 1. The first-order valence-corrected chi connectivity index (χ1v) is 6.26. The predicted molar refractivity (Wildman–Crippen MR) is 78.8 cm³/mol. The number of anilines is 1. The van der Waals surface area contributed by atoms with E-state index in [9.17, 15) is 19.7 Å². The van der Waals surface area contributed by atoms with E-state index in [2.05, 4.69) is 10.1 Å². The first-order chi connectivity index (χ1) is 10.5. The van der Waals surface area contributed by atoms with Gasteiger partial charge in [-0.25, -0.2) is 4.79 Å². The number of nitro groups is 1. The number of esters is 1. The Balaban J connectivity index is 2.35.